The lowest BCUT2D eigenvalue weighted by Gasteiger charge is -2.41. The standard InChI is InChI=1S/C12H16FNO/c1-9-3-4-11(13)10(5-9)6-12(15-2)7-14-8-12/h3-5,14H,6-8H2,1-2H3. The number of nitrogens with one attached hydrogen (secondary N) is 1. The zero-order valence-corrected chi connectivity index (χ0v) is 9.14. The van der Waals surface area contributed by atoms with Gasteiger partial charge in [0.25, 0.3) is 0 Å². The minimum absolute atomic E-state index is 0.135. The molecule has 0 amide bonds. The molecular weight excluding hydrogens is 193 g/mol. The number of hydrogen-bond donors (Lipinski definition) is 1. The first-order valence-corrected chi connectivity index (χ1v) is 5.16. The van der Waals surface area contributed by atoms with Gasteiger partial charge in [-0.15, -0.1) is 0 Å². The molecule has 2 nitrogen and oxygen atoms in total. The predicted molar refractivity (Wildman–Crippen MR) is 57.5 cm³/mol. The summed E-state index contributed by atoms with van der Waals surface area (Å²) in [6, 6.07) is 5.21. The summed E-state index contributed by atoms with van der Waals surface area (Å²) in [7, 11) is 1.69. The summed E-state index contributed by atoms with van der Waals surface area (Å²) in [6.45, 7) is 3.58. The maximum atomic E-state index is 13.5. The number of ether oxygens (including phenoxy) is 1. The van der Waals surface area contributed by atoms with E-state index in [0.29, 0.717) is 6.42 Å². The first-order chi connectivity index (χ1) is 7.15. The van der Waals surface area contributed by atoms with Crippen molar-refractivity contribution in [3.8, 4) is 0 Å². The Bertz CT molecular complexity index is 355. The van der Waals surface area contributed by atoms with E-state index in [9.17, 15) is 4.39 Å². The summed E-state index contributed by atoms with van der Waals surface area (Å²) >= 11 is 0. The Morgan fingerprint density at radius 2 is 2.20 bits per heavy atom. The fourth-order valence-corrected chi connectivity index (χ4v) is 1.93. The van der Waals surface area contributed by atoms with Crippen LogP contribution in [0.1, 0.15) is 11.1 Å². The summed E-state index contributed by atoms with van der Waals surface area (Å²) in [5.41, 5.74) is 1.64. The smallest absolute Gasteiger partial charge is 0.126 e. The molecule has 3 heteroatoms. The third-order valence-corrected chi connectivity index (χ3v) is 3.04. The monoisotopic (exact) mass is 209 g/mol. The Labute approximate surface area is 89.4 Å². The molecule has 82 valence electrons. The van der Waals surface area contributed by atoms with Crippen LogP contribution in [-0.4, -0.2) is 25.8 Å². The molecule has 0 aromatic heterocycles. The Kier molecular flexibility index (Phi) is 2.76. The number of aryl methyl sites for hydroxylation is 1. The van der Waals surface area contributed by atoms with E-state index in [0.717, 1.165) is 24.2 Å². The second kappa shape index (κ2) is 3.91. The van der Waals surface area contributed by atoms with Gasteiger partial charge in [0.2, 0.25) is 0 Å². The highest BCUT2D eigenvalue weighted by molar-refractivity contribution is 5.26. The van der Waals surface area contributed by atoms with Crippen LogP contribution in [0.2, 0.25) is 0 Å². The highest BCUT2D eigenvalue weighted by Crippen LogP contribution is 2.23. The average molecular weight is 209 g/mol. The summed E-state index contributed by atoms with van der Waals surface area (Å²) in [5, 5.41) is 3.16. The molecule has 1 aromatic rings. The molecule has 1 saturated heterocycles. The van der Waals surface area contributed by atoms with Crippen molar-refractivity contribution in [1.29, 1.82) is 0 Å². The molecule has 1 heterocycles. The molecule has 0 saturated carbocycles. The van der Waals surface area contributed by atoms with Crippen molar-refractivity contribution in [1.82, 2.24) is 5.32 Å². The van der Waals surface area contributed by atoms with Crippen molar-refractivity contribution in [2.45, 2.75) is 18.9 Å². The van der Waals surface area contributed by atoms with Gasteiger partial charge in [-0.2, -0.15) is 0 Å². The quantitative estimate of drug-likeness (QED) is 0.817. The van der Waals surface area contributed by atoms with Crippen molar-refractivity contribution < 1.29 is 9.13 Å². The molecule has 2 rings (SSSR count). The molecule has 1 aromatic carbocycles. The zero-order chi connectivity index (χ0) is 10.9. The van der Waals surface area contributed by atoms with Gasteiger partial charge in [0.1, 0.15) is 5.82 Å². The van der Waals surface area contributed by atoms with Crippen LogP contribution < -0.4 is 5.32 Å². The number of rotatable bonds is 3. The van der Waals surface area contributed by atoms with Crippen LogP contribution in [0.5, 0.6) is 0 Å². The molecule has 0 unspecified atom stereocenters. The topological polar surface area (TPSA) is 21.3 Å². The van der Waals surface area contributed by atoms with Crippen LogP contribution in [-0.2, 0) is 11.2 Å². The Morgan fingerprint density at radius 1 is 1.47 bits per heavy atom. The van der Waals surface area contributed by atoms with E-state index in [1.54, 1.807) is 13.2 Å². The van der Waals surface area contributed by atoms with Gasteiger partial charge >= 0.3 is 0 Å². The molecule has 0 aliphatic carbocycles. The normalized spacial score (nSPS) is 18.6. The Morgan fingerprint density at radius 3 is 2.73 bits per heavy atom. The molecule has 1 aliphatic heterocycles. The fourth-order valence-electron chi connectivity index (χ4n) is 1.93. The van der Waals surface area contributed by atoms with Crippen LogP contribution >= 0.6 is 0 Å². The molecule has 0 spiro atoms. The molecule has 15 heavy (non-hydrogen) atoms. The van der Waals surface area contributed by atoms with Crippen LogP contribution in [0.4, 0.5) is 4.39 Å². The highest BCUT2D eigenvalue weighted by atomic mass is 19.1. The van der Waals surface area contributed by atoms with E-state index < -0.39 is 0 Å². The van der Waals surface area contributed by atoms with E-state index in [1.165, 1.54) is 6.07 Å². The average Bonchev–Trinajstić information content (AvgIpc) is 2.17. The van der Waals surface area contributed by atoms with Gasteiger partial charge in [0, 0.05) is 26.6 Å². The van der Waals surface area contributed by atoms with Crippen molar-refractivity contribution in [3.63, 3.8) is 0 Å². The van der Waals surface area contributed by atoms with Gasteiger partial charge in [-0.1, -0.05) is 17.7 Å². The van der Waals surface area contributed by atoms with E-state index in [2.05, 4.69) is 5.32 Å². The molecule has 1 aliphatic rings. The van der Waals surface area contributed by atoms with Crippen LogP contribution in [0, 0.1) is 12.7 Å². The maximum Gasteiger partial charge on any atom is 0.126 e. The number of halogens is 1. The van der Waals surface area contributed by atoms with Crippen molar-refractivity contribution in [3.05, 3.63) is 35.1 Å². The summed E-state index contributed by atoms with van der Waals surface area (Å²) < 4.78 is 19.0. The lowest BCUT2D eigenvalue weighted by Crippen LogP contribution is -2.62. The first kappa shape index (κ1) is 10.6. The molecular formula is C12H16FNO. The van der Waals surface area contributed by atoms with Crippen molar-refractivity contribution in [2.24, 2.45) is 0 Å². The van der Waals surface area contributed by atoms with Crippen molar-refractivity contribution in [2.75, 3.05) is 20.2 Å². The largest absolute Gasteiger partial charge is 0.375 e. The van der Waals surface area contributed by atoms with Crippen molar-refractivity contribution >= 4 is 0 Å². The third kappa shape index (κ3) is 2.03. The first-order valence-electron chi connectivity index (χ1n) is 5.16. The molecule has 0 bridgehead atoms. The maximum absolute atomic E-state index is 13.5. The molecule has 0 atom stereocenters. The third-order valence-electron chi connectivity index (χ3n) is 3.04. The van der Waals surface area contributed by atoms with Crippen LogP contribution in [0.3, 0.4) is 0 Å². The molecule has 1 fully saturated rings. The lowest BCUT2D eigenvalue weighted by atomic mass is 9.88. The number of methoxy groups -OCH3 is 1. The fraction of sp³-hybridized carbons (Fsp3) is 0.500. The molecule has 1 N–H and O–H groups in total. The van der Waals surface area contributed by atoms with Gasteiger partial charge < -0.3 is 10.1 Å². The Hall–Kier alpha value is -0.930. The zero-order valence-electron chi connectivity index (χ0n) is 9.14. The Balaban J connectivity index is 2.19. The minimum atomic E-state index is -0.200. The van der Waals surface area contributed by atoms with Gasteiger partial charge in [0.15, 0.2) is 0 Å². The van der Waals surface area contributed by atoms with Gasteiger partial charge in [-0.05, 0) is 18.6 Å². The van der Waals surface area contributed by atoms with Crippen LogP contribution in [0.15, 0.2) is 18.2 Å². The number of hydrogen-bond acceptors (Lipinski definition) is 2. The van der Waals surface area contributed by atoms with E-state index in [4.69, 9.17) is 4.74 Å². The SMILES string of the molecule is COC1(Cc2cc(C)ccc2F)CNC1. The van der Waals surface area contributed by atoms with E-state index in [1.807, 2.05) is 13.0 Å². The predicted octanol–water partition coefficient (Wildman–Crippen LogP) is 1.67. The number of benzene rings is 1. The van der Waals surface area contributed by atoms with Crippen LogP contribution in [0.25, 0.3) is 0 Å². The lowest BCUT2D eigenvalue weighted by molar-refractivity contribution is -0.0507. The second-order valence-electron chi connectivity index (χ2n) is 4.26. The summed E-state index contributed by atoms with van der Waals surface area (Å²) in [6.07, 6.45) is 0.643. The highest BCUT2D eigenvalue weighted by Gasteiger charge is 2.37. The van der Waals surface area contributed by atoms with Gasteiger partial charge in [-0.3, -0.25) is 0 Å². The van der Waals surface area contributed by atoms with E-state index in [-0.39, 0.29) is 11.4 Å². The minimum Gasteiger partial charge on any atom is -0.375 e. The second-order valence-corrected chi connectivity index (χ2v) is 4.26. The molecule has 0 radical (unpaired) electrons. The summed E-state index contributed by atoms with van der Waals surface area (Å²) in [5.74, 6) is -0.135. The van der Waals surface area contributed by atoms with E-state index >= 15 is 0 Å². The van der Waals surface area contributed by atoms with Gasteiger partial charge in [-0.25, -0.2) is 4.39 Å². The summed E-state index contributed by atoms with van der Waals surface area (Å²) in [4.78, 5) is 0. The van der Waals surface area contributed by atoms with Gasteiger partial charge in [0.05, 0.1) is 5.60 Å².